The van der Waals surface area contributed by atoms with E-state index in [-0.39, 0.29) is 19.1 Å². The molecule has 25 heavy (non-hydrogen) atoms. The fraction of sp³-hybridized carbons (Fsp3) is 0.316. The number of benzene rings is 2. The number of β-amino-alcohol motifs (C(OH)–C–C–N with tert-alkyl or cyclic N) is 1. The molecule has 2 aromatic carbocycles. The number of para-hydroxylation sites is 2. The van der Waals surface area contributed by atoms with Gasteiger partial charge in [-0.15, -0.1) is 0 Å². The first kappa shape index (κ1) is 17.7. The lowest BCUT2D eigenvalue weighted by molar-refractivity contribution is 0.0982. The second-order valence-electron chi connectivity index (χ2n) is 5.98. The van der Waals surface area contributed by atoms with Crippen LogP contribution in [0.1, 0.15) is 23.2 Å². The Labute approximate surface area is 152 Å². The van der Waals surface area contributed by atoms with Crippen molar-refractivity contribution in [3.63, 3.8) is 0 Å². The molecule has 6 heteroatoms. The van der Waals surface area contributed by atoms with Crippen LogP contribution in [0.5, 0.6) is 0 Å². The van der Waals surface area contributed by atoms with Gasteiger partial charge < -0.3 is 20.6 Å². The maximum absolute atomic E-state index is 13.1. The summed E-state index contributed by atoms with van der Waals surface area (Å²) in [5.74, 6) is -0.130. The summed E-state index contributed by atoms with van der Waals surface area (Å²) in [4.78, 5) is 16.9. The van der Waals surface area contributed by atoms with E-state index in [1.807, 2.05) is 30.3 Å². The van der Waals surface area contributed by atoms with Gasteiger partial charge >= 0.3 is 0 Å². The molecule has 5 nitrogen and oxygen atoms in total. The minimum absolute atomic E-state index is 0.101. The number of hydrogen-bond donors (Lipinski definition) is 2. The number of nitrogens with two attached hydrogens (primary N) is 1. The van der Waals surface area contributed by atoms with Gasteiger partial charge in [-0.05, 0) is 49.7 Å². The predicted octanol–water partition coefficient (Wildman–Crippen LogP) is 3.17. The van der Waals surface area contributed by atoms with Gasteiger partial charge in [0.25, 0.3) is 5.91 Å². The number of aliphatic hydroxyl groups excluding tert-OH is 1. The Balaban J connectivity index is 2.17. The topological polar surface area (TPSA) is 69.8 Å². The first-order chi connectivity index (χ1) is 12.2. The van der Waals surface area contributed by atoms with Crippen molar-refractivity contribution in [1.29, 1.82) is 0 Å². The summed E-state index contributed by atoms with van der Waals surface area (Å²) in [6.07, 6.45) is 1.81. The molecule has 2 aromatic rings. The van der Waals surface area contributed by atoms with Crippen molar-refractivity contribution in [3.8, 4) is 0 Å². The van der Waals surface area contributed by atoms with Crippen LogP contribution in [0.25, 0.3) is 0 Å². The van der Waals surface area contributed by atoms with Crippen LogP contribution < -0.4 is 15.5 Å². The zero-order chi connectivity index (χ0) is 17.8. The van der Waals surface area contributed by atoms with E-state index in [0.717, 1.165) is 36.4 Å². The maximum atomic E-state index is 13.1. The van der Waals surface area contributed by atoms with E-state index in [0.29, 0.717) is 17.1 Å². The summed E-state index contributed by atoms with van der Waals surface area (Å²) in [5, 5.41) is 10.0. The maximum Gasteiger partial charge on any atom is 0.260 e. The quantitative estimate of drug-likeness (QED) is 0.777. The Morgan fingerprint density at radius 1 is 0.960 bits per heavy atom. The molecule has 3 rings (SSSR count). The van der Waals surface area contributed by atoms with Crippen LogP contribution in [0, 0.1) is 0 Å². The Morgan fingerprint density at radius 2 is 1.68 bits per heavy atom. The largest absolute Gasteiger partial charge is 0.395 e. The molecule has 0 bridgehead atoms. The zero-order valence-electron chi connectivity index (χ0n) is 14.0. The number of rotatable bonds is 6. The summed E-state index contributed by atoms with van der Waals surface area (Å²) in [6, 6.07) is 13.1. The van der Waals surface area contributed by atoms with Gasteiger partial charge in [0.2, 0.25) is 0 Å². The molecule has 0 unspecified atom stereocenters. The third-order valence-corrected chi connectivity index (χ3v) is 4.58. The number of halogens is 1. The normalized spacial score (nSPS) is 13.5. The Kier molecular flexibility index (Phi) is 5.58. The lowest BCUT2D eigenvalue weighted by Gasteiger charge is -2.27. The molecule has 1 amide bonds. The third-order valence-electron chi connectivity index (χ3n) is 4.35. The van der Waals surface area contributed by atoms with Gasteiger partial charge in [-0.3, -0.25) is 4.79 Å². The molecule has 0 aromatic heterocycles. The second kappa shape index (κ2) is 7.87. The lowest BCUT2D eigenvalue weighted by Crippen LogP contribution is -2.32. The highest BCUT2D eigenvalue weighted by atomic mass is 35.5. The lowest BCUT2D eigenvalue weighted by atomic mass is 10.1. The van der Waals surface area contributed by atoms with Gasteiger partial charge in [0.1, 0.15) is 0 Å². The van der Waals surface area contributed by atoms with Gasteiger partial charge in [0, 0.05) is 18.1 Å². The second-order valence-corrected chi connectivity index (χ2v) is 6.41. The smallest absolute Gasteiger partial charge is 0.260 e. The van der Waals surface area contributed by atoms with Crippen molar-refractivity contribution in [3.05, 3.63) is 53.1 Å². The van der Waals surface area contributed by atoms with Crippen molar-refractivity contribution in [2.45, 2.75) is 12.8 Å². The average Bonchev–Trinajstić information content (AvgIpc) is 2.71. The Bertz CT molecular complexity index is 766. The minimum Gasteiger partial charge on any atom is -0.395 e. The van der Waals surface area contributed by atoms with E-state index in [1.165, 1.54) is 0 Å². The fourth-order valence-corrected chi connectivity index (χ4v) is 3.36. The Morgan fingerprint density at radius 3 is 2.36 bits per heavy atom. The van der Waals surface area contributed by atoms with Crippen molar-refractivity contribution in [2.75, 3.05) is 36.0 Å². The van der Waals surface area contributed by atoms with Gasteiger partial charge in [0.15, 0.2) is 0 Å². The Hall–Kier alpha value is -2.08. The van der Waals surface area contributed by atoms with E-state index >= 15 is 0 Å². The number of unbranched alkanes of at least 4 members (excludes halogenated alkanes) is 1. The van der Waals surface area contributed by atoms with E-state index in [4.69, 9.17) is 17.3 Å². The highest BCUT2D eigenvalue weighted by Crippen LogP contribution is 2.41. The zero-order valence-corrected chi connectivity index (χ0v) is 14.7. The summed E-state index contributed by atoms with van der Waals surface area (Å²) < 4.78 is 0. The van der Waals surface area contributed by atoms with Gasteiger partial charge in [-0.25, -0.2) is 0 Å². The summed E-state index contributed by atoms with van der Waals surface area (Å²) in [7, 11) is 0. The highest BCUT2D eigenvalue weighted by Gasteiger charge is 2.30. The average molecular weight is 360 g/mol. The van der Waals surface area contributed by atoms with E-state index in [2.05, 4.69) is 4.90 Å². The van der Waals surface area contributed by atoms with E-state index < -0.39 is 0 Å². The summed E-state index contributed by atoms with van der Waals surface area (Å²) >= 11 is 6.22. The van der Waals surface area contributed by atoms with Gasteiger partial charge in [-0.1, -0.05) is 23.7 Å². The first-order valence-electron chi connectivity index (χ1n) is 8.46. The fourth-order valence-electron chi connectivity index (χ4n) is 3.19. The van der Waals surface area contributed by atoms with Crippen molar-refractivity contribution < 1.29 is 9.90 Å². The molecule has 3 N–H and O–H groups in total. The molecule has 1 aliphatic rings. The molecular weight excluding hydrogens is 338 g/mol. The predicted molar refractivity (Wildman–Crippen MR) is 102 cm³/mol. The van der Waals surface area contributed by atoms with Crippen LogP contribution in [-0.2, 0) is 0 Å². The molecule has 0 saturated heterocycles. The molecule has 0 aliphatic carbocycles. The molecule has 0 fully saturated rings. The summed E-state index contributed by atoms with van der Waals surface area (Å²) in [5.41, 5.74) is 8.75. The molecule has 0 spiro atoms. The molecule has 1 aliphatic heterocycles. The van der Waals surface area contributed by atoms with Crippen LogP contribution in [0.3, 0.4) is 0 Å². The van der Waals surface area contributed by atoms with Gasteiger partial charge in [-0.2, -0.15) is 0 Å². The number of fused-ring (bicyclic) bond motifs is 2. The number of carbonyl (C=O) groups is 1. The van der Waals surface area contributed by atoms with Crippen LogP contribution in [0.15, 0.2) is 42.5 Å². The molecular formula is C19H22ClN3O2. The molecule has 1 heterocycles. The van der Waals surface area contributed by atoms with Crippen molar-refractivity contribution in [1.82, 2.24) is 0 Å². The van der Waals surface area contributed by atoms with Gasteiger partial charge in [0.05, 0.1) is 29.2 Å². The molecule has 0 radical (unpaired) electrons. The number of anilines is 3. The minimum atomic E-state index is -0.130. The standard InChI is InChI=1S/C19H22ClN3O2/c20-14-7-8-15-18(13-14)22(10-4-3-9-21)16-5-1-2-6-17(16)23(11-12-24)19(15)25/h1-2,5-8,13,24H,3-4,9-12,21H2. The number of aliphatic hydroxyl groups is 1. The van der Waals surface area contributed by atoms with Crippen LogP contribution in [0.4, 0.5) is 17.1 Å². The number of nitrogens with zero attached hydrogens (tertiary/aromatic N) is 2. The molecule has 0 atom stereocenters. The molecule has 132 valence electrons. The number of hydrogen-bond acceptors (Lipinski definition) is 4. The number of amides is 1. The van der Waals surface area contributed by atoms with Crippen LogP contribution in [-0.4, -0.2) is 37.3 Å². The summed E-state index contributed by atoms with van der Waals surface area (Å²) in [6.45, 7) is 1.51. The van der Waals surface area contributed by atoms with E-state index in [9.17, 15) is 9.90 Å². The van der Waals surface area contributed by atoms with Crippen LogP contribution in [0.2, 0.25) is 5.02 Å². The van der Waals surface area contributed by atoms with Crippen molar-refractivity contribution >= 4 is 34.6 Å². The van der Waals surface area contributed by atoms with Crippen LogP contribution >= 0.6 is 11.6 Å². The monoisotopic (exact) mass is 359 g/mol. The SMILES string of the molecule is NCCCCN1c2cc(Cl)ccc2C(=O)N(CCO)c2ccccc21. The molecule has 0 saturated carbocycles. The van der Waals surface area contributed by atoms with Crippen molar-refractivity contribution in [2.24, 2.45) is 5.73 Å². The first-order valence-corrected chi connectivity index (χ1v) is 8.84. The third kappa shape index (κ3) is 3.49. The van der Waals surface area contributed by atoms with E-state index in [1.54, 1.807) is 17.0 Å². The number of carbonyl (C=O) groups excluding carboxylic acids is 1. The highest BCUT2D eigenvalue weighted by molar-refractivity contribution is 6.31.